The zero-order valence-corrected chi connectivity index (χ0v) is 10.8. The van der Waals surface area contributed by atoms with Gasteiger partial charge in [-0.3, -0.25) is 4.79 Å². The Morgan fingerprint density at radius 3 is 2.71 bits per heavy atom. The van der Waals surface area contributed by atoms with Crippen molar-refractivity contribution in [3.63, 3.8) is 0 Å². The molecule has 0 spiro atoms. The Kier molecular flexibility index (Phi) is 4.80. The van der Waals surface area contributed by atoms with Crippen molar-refractivity contribution in [3.8, 4) is 0 Å². The Morgan fingerprint density at radius 2 is 2.12 bits per heavy atom. The van der Waals surface area contributed by atoms with Gasteiger partial charge in [0.25, 0.3) is 0 Å². The third-order valence-corrected chi connectivity index (χ3v) is 3.92. The average molecular weight is 240 g/mol. The van der Waals surface area contributed by atoms with Gasteiger partial charge >= 0.3 is 0 Å². The number of morpholine rings is 1. The van der Waals surface area contributed by atoms with Gasteiger partial charge in [0.15, 0.2) is 0 Å². The lowest BCUT2D eigenvalue weighted by Crippen LogP contribution is -2.49. The molecule has 17 heavy (non-hydrogen) atoms. The van der Waals surface area contributed by atoms with Crippen LogP contribution in [-0.2, 0) is 9.53 Å². The first-order valence-electron chi connectivity index (χ1n) is 6.87. The molecular weight excluding hydrogens is 216 g/mol. The van der Waals surface area contributed by atoms with Crippen molar-refractivity contribution in [2.75, 3.05) is 32.8 Å². The van der Waals surface area contributed by atoms with Crippen molar-refractivity contribution >= 4 is 5.91 Å². The highest BCUT2D eigenvalue weighted by Gasteiger charge is 2.22. The molecule has 1 unspecified atom stereocenters. The maximum atomic E-state index is 12.1. The van der Waals surface area contributed by atoms with E-state index in [4.69, 9.17) is 4.74 Å². The summed E-state index contributed by atoms with van der Waals surface area (Å²) in [5.41, 5.74) is 0. The molecule has 1 aliphatic carbocycles. The first kappa shape index (κ1) is 12.8. The molecule has 0 aromatic carbocycles. The maximum Gasteiger partial charge on any atom is 0.239 e. The second-order valence-corrected chi connectivity index (χ2v) is 5.20. The van der Waals surface area contributed by atoms with E-state index in [2.05, 4.69) is 5.32 Å². The lowest BCUT2D eigenvalue weighted by atomic mass is 9.83. The molecule has 1 saturated carbocycles. The quantitative estimate of drug-likeness (QED) is 0.780. The molecule has 2 fully saturated rings. The van der Waals surface area contributed by atoms with Gasteiger partial charge in [0, 0.05) is 13.1 Å². The van der Waals surface area contributed by atoms with E-state index in [0.29, 0.717) is 13.2 Å². The molecule has 98 valence electrons. The number of hydrogen-bond donors (Lipinski definition) is 1. The van der Waals surface area contributed by atoms with Crippen LogP contribution in [0.25, 0.3) is 0 Å². The molecule has 4 nitrogen and oxygen atoms in total. The number of carbonyl (C=O) groups is 1. The number of carbonyl (C=O) groups excluding carboxylic acids is 1. The monoisotopic (exact) mass is 240 g/mol. The van der Waals surface area contributed by atoms with E-state index < -0.39 is 0 Å². The summed E-state index contributed by atoms with van der Waals surface area (Å²) in [6, 6.07) is -0.0480. The Balaban J connectivity index is 1.63. The number of hydrogen-bond acceptors (Lipinski definition) is 3. The lowest BCUT2D eigenvalue weighted by Gasteiger charge is -2.30. The fourth-order valence-electron chi connectivity index (χ4n) is 2.43. The minimum absolute atomic E-state index is 0.0480. The molecule has 4 heteroatoms. The van der Waals surface area contributed by atoms with E-state index in [1.54, 1.807) is 0 Å². The minimum Gasteiger partial charge on any atom is -0.378 e. The van der Waals surface area contributed by atoms with Crippen molar-refractivity contribution in [1.82, 2.24) is 10.2 Å². The van der Waals surface area contributed by atoms with Crippen LogP contribution < -0.4 is 5.32 Å². The number of amides is 1. The summed E-state index contributed by atoms with van der Waals surface area (Å²) in [6.45, 7) is 5.79. The molecule has 1 heterocycles. The van der Waals surface area contributed by atoms with Crippen molar-refractivity contribution < 1.29 is 9.53 Å². The highest BCUT2D eigenvalue weighted by atomic mass is 16.5. The average Bonchev–Trinajstić information content (AvgIpc) is 2.32. The molecular formula is C13H24N2O2. The predicted molar refractivity (Wildman–Crippen MR) is 66.8 cm³/mol. The van der Waals surface area contributed by atoms with Crippen molar-refractivity contribution in [2.24, 2.45) is 5.92 Å². The van der Waals surface area contributed by atoms with E-state index in [9.17, 15) is 4.79 Å². The summed E-state index contributed by atoms with van der Waals surface area (Å²) in [5, 5.41) is 3.35. The Bertz CT molecular complexity index is 248. The van der Waals surface area contributed by atoms with Crippen LogP contribution in [0.15, 0.2) is 0 Å². The number of rotatable bonds is 5. The van der Waals surface area contributed by atoms with Gasteiger partial charge < -0.3 is 15.0 Å². The maximum absolute atomic E-state index is 12.1. The Hall–Kier alpha value is -0.610. The van der Waals surface area contributed by atoms with Gasteiger partial charge in [0.05, 0.1) is 19.3 Å². The molecule has 0 radical (unpaired) electrons. The zero-order chi connectivity index (χ0) is 12.1. The molecule has 1 atom stereocenters. The lowest BCUT2D eigenvalue weighted by molar-refractivity contribution is -0.137. The summed E-state index contributed by atoms with van der Waals surface area (Å²) in [6.07, 6.45) is 5.38. The molecule has 1 saturated heterocycles. The molecule has 2 rings (SSSR count). The molecule has 0 aromatic rings. The SMILES string of the molecule is CC(NCCC1CCC1)C(=O)N1CCOCC1. The summed E-state index contributed by atoms with van der Waals surface area (Å²) >= 11 is 0. The molecule has 0 bridgehead atoms. The van der Waals surface area contributed by atoms with Crippen LogP contribution in [0, 0.1) is 5.92 Å². The summed E-state index contributed by atoms with van der Waals surface area (Å²) in [5.74, 6) is 1.13. The highest BCUT2D eigenvalue weighted by molar-refractivity contribution is 5.81. The molecule has 1 N–H and O–H groups in total. The fraction of sp³-hybridized carbons (Fsp3) is 0.923. The van der Waals surface area contributed by atoms with E-state index in [-0.39, 0.29) is 11.9 Å². The standard InChI is InChI=1S/C13H24N2O2/c1-11(14-6-5-12-3-2-4-12)13(16)15-7-9-17-10-8-15/h11-12,14H,2-10H2,1H3. The van der Waals surface area contributed by atoms with E-state index >= 15 is 0 Å². The normalized spacial score (nSPS) is 23.2. The van der Waals surface area contributed by atoms with Gasteiger partial charge in [-0.2, -0.15) is 0 Å². The van der Waals surface area contributed by atoms with Crippen LogP contribution in [0.1, 0.15) is 32.6 Å². The predicted octanol–water partition coefficient (Wildman–Crippen LogP) is 1.01. The topological polar surface area (TPSA) is 41.6 Å². The van der Waals surface area contributed by atoms with Gasteiger partial charge in [-0.1, -0.05) is 19.3 Å². The van der Waals surface area contributed by atoms with Crippen LogP contribution in [0.5, 0.6) is 0 Å². The fourth-order valence-corrected chi connectivity index (χ4v) is 2.43. The van der Waals surface area contributed by atoms with Gasteiger partial charge in [-0.15, -0.1) is 0 Å². The first-order chi connectivity index (χ1) is 8.27. The molecule has 2 aliphatic rings. The Labute approximate surface area is 104 Å². The largest absolute Gasteiger partial charge is 0.378 e. The van der Waals surface area contributed by atoms with E-state index in [1.807, 2.05) is 11.8 Å². The minimum atomic E-state index is -0.0480. The van der Waals surface area contributed by atoms with Crippen molar-refractivity contribution in [2.45, 2.75) is 38.6 Å². The number of nitrogens with zero attached hydrogens (tertiary/aromatic N) is 1. The molecule has 1 amide bonds. The first-order valence-corrected chi connectivity index (χ1v) is 6.87. The molecule has 1 aliphatic heterocycles. The highest BCUT2D eigenvalue weighted by Crippen LogP contribution is 2.28. The van der Waals surface area contributed by atoms with Crippen LogP contribution in [0.2, 0.25) is 0 Å². The second-order valence-electron chi connectivity index (χ2n) is 5.20. The van der Waals surface area contributed by atoms with Crippen molar-refractivity contribution in [3.05, 3.63) is 0 Å². The number of nitrogens with one attached hydrogen (secondary N) is 1. The van der Waals surface area contributed by atoms with Crippen LogP contribution in [-0.4, -0.2) is 49.7 Å². The van der Waals surface area contributed by atoms with Gasteiger partial charge in [0.2, 0.25) is 5.91 Å². The third kappa shape index (κ3) is 3.68. The van der Waals surface area contributed by atoms with E-state index in [0.717, 1.165) is 25.6 Å². The summed E-state index contributed by atoms with van der Waals surface area (Å²) < 4.78 is 5.25. The summed E-state index contributed by atoms with van der Waals surface area (Å²) in [7, 11) is 0. The second kappa shape index (κ2) is 6.36. The Morgan fingerprint density at radius 1 is 1.41 bits per heavy atom. The van der Waals surface area contributed by atoms with Gasteiger partial charge in [-0.25, -0.2) is 0 Å². The zero-order valence-electron chi connectivity index (χ0n) is 10.8. The smallest absolute Gasteiger partial charge is 0.239 e. The van der Waals surface area contributed by atoms with Crippen LogP contribution in [0.3, 0.4) is 0 Å². The van der Waals surface area contributed by atoms with Gasteiger partial charge in [-0.05, 0) is 25.8 Å². The van der Waals surface area contributed by atoms with E-state index in [1.165, 1.54) is 25.7 Å². The third-order valence-electron chi connectivity index (χ3n) is 3.92. The molecule has 0 aromatic heterocycles. The van der Waals surface area contributed by atoms with Gasteiger partial charge in [0.1, 0.15) is 0 Å². The van der Waals surface area contributed by atoms with Crippen molar-refractivity contribution in [1.29, 1.82) is 0 Å². The number of ether oxygens (including phenoxy) is 1. The van der Waals surface area contributed by atoms with Crippen LogP contribution in [0.4, 0.5) is 0 Å². The summed E-state index contributed by atoms with van der Waals surface area (Å²) in [4.78, 5) is 14.0. The van der Waals surface area contributed by atoms with Crippen LogP contribution >= 0.6 is 0 Å².